The van der Waals surface area contributed by atoms with Gasteiger partial charge in [0.25, 0.3) is 5.91 Å². The Morgan fingerprint density at radius 2 is 1.77 bits per heavy atom. The van der Waals surface area contributed by atoms with Crippen molar-refractivity contribution in [3.8, 4) is 17.2 Å². The monoisotopic (exact) mass is 434 g/mol. The van der Waals surface area contributed by atoms with Gasteiger partial charge < -0.3 is 19.5 Å². The second-order valence-electron chi connectivity index (χ2n) is 6.62. The zero-order valence-corrected chi connectivity index (χ0v) is 18.1. The molecule has 1 N–H and O–H groups in total. The van der Waals surface area contributed by atoms with Crippen molar-refractivity contribution in [2.24, 2.45) is 0 Å². The number of fused-ring (bicyclic) bond motifs is 1. The fraction of sp³-hybridized carbons (Fsp3) is 0.381. The van der Waals surface area contributed by atoms with Crippen LogP contribution < -0.4 is 19.5 Å². The summed E-state index contributed by atoms with van der Waals surface area (Å²) in [5.74, 6) is 0.962. The molecule has 0 fully saturated rings. The van der Waals surface area contributed by atoms with Crippen molar-refractivity contribution in [2.75, 3.05) is 38.7 Å². The van der Waals surface area contributed by atoms with Crippen molar-refractivity contribution in [3.05, 3.63) is 42.0 Å². The minimum Gasteiger partial charge on any atom is -0.496 e. The summed E-state index contributed by atoms with van der Waals surface area (Å²) >= 11 is 0. The summed E-state index contributed by atoms with van der Waals surface area (Å²) in [6, 6.07) is 9.38. The number of rotatable bonds is 7. The van der Waals surface area contributed by atoms with E-state index in [-0.39, 0.29) is 16.2 Å². The highest BCUT2D eigenvalue weighted by Gasteiger charge is 2.24. The number of sulfonamides is 1. The van der Waals surface area contributed by atoms with Crippen LogP contribution in [0.5, 0.6) is 17.2 Å². The first-order chi connectivity index (χ1) is 14.4. The number of nitrogens with one attached hydrogen (secondary N) is 1. The van der Waals surface area contributed by atoms with E-state index in [1.54, 1.807) is 32.0 Å². The molecule has 2 aromatic rings. The minimum atomic E-state index is -3.71. The van der Waals surface area contributed by atoms with Crippen molar-refractivity contribution in [1.82, 2.24) is 4.31 Å². The summed E-state index contributed by atoms with van der Waals surface area (Å²) in [4.78, 5) is 13.0. The van der Waals surface area contributed by atoms with Crippen molar-refractivity contribution in [2.45, 2.75) is 25.2 Å². The molecule has 0 aliphatic carbocycles. The molecule has 3 rings (SSSR count). The maximum absolute atomic E-state index is 12.9. The van der Waals surface area contributed by atoms with E-state index in [2.05, 4.69) is 5.32 Å². The van der Waals surface area contributed by atoms with Crippen molar-refractivity contribution in [1.29, 1.82) is 0 Å². The van der Waals surface area contributed by atoms with Crippen LogP contribution in [0.25, 0.3) is 0 Å². The van der Waals surface area contributed by atoms with Gasteiger partial charge in [-0.15, -0.1) is 0 Å². The number of carbonyl (C=O) groups is 1. The van der Waals surface area contributed by atoms with Crippen LogP contribution >= 0.6 is 0 Å². The molecule has 0 unspecified atom stereocenters. The zero-order chi connectivity index (χ0) is 21.7. The number of amides is 1. The van der Waals surface area contributed by atoms with Gasteiger partial charge >= 0.3 is 0 Å². The highest BCUT2D eigenvalue weighted by atomic mass is 32.2. The topological polar surface area (TPSA) is 94.2 Å². The van der Waals surface area contributed by atoms with Gasteiger partial charge in [0.1, 0.15) is 5.75 Å². The standard InChI is InChI=1S/C21H26N2O6S/c1-4-23(5-2)30(25,26)16-8-10-18(27-3)17(14-16)21(24)22-15-7-9-19-20(13-15)29-12-6-11-28-19/h7-10,13-14H,4-6,11-12H2,1-3H3,(H,22,24). The number of methoxy groups -OCH3 is 1. The Morgan fingerprint density at radius 3 is 2.43 bits per heavy atom. The molecular weight excluding hydrogens is 408 g/mol. The maximum Gasteiger partial charge on any atom is 0.259 e. The van der Waals surface area contributed by atoms with Gasteiger partial charge in [0.2, 0.25) is 10.0 Å². The van der Waals surface area contributed by atoms with E-state index in [9.17, 15) is 13.2 Å². The van der Waals surface area contributed by atoms with Crippen molar-refractivity contribution >= 4 is 21.6 Å². The van der Waals surface area contributed by atoms with E-state index < -0.39 is 15.9 Å². The Bertz CT molecular complexity index is 1020. The predicted molar refractivity (Wildman–Crippen MR) is 113 cm³/mol. The molecule has 162 valence electrons. The first-order valence-corrected chi connectivity index (χ1v) is 11.2. The first-order valence-electron chi connectivity index (χ1n) is 9.79. The SMILES string of the molecule is CCN(CC)S(=O)(=O)c1ccc(OC)c(C(=O)Nc2ccc3c(c2)OCCCO3)c1. The lowest BCUT2D eigenvalue weighted by Gasteiger charge is -2.19. The first kappa shape index (κ1) is 21.9. The Kier molecular flexibility index (Phi) is 6.84. The molecule has 30 heavy (non-hydrogen) atoms. The quantitative estimate of drug-likeness (QED) is 0.720. The number of ether oxygens (including phenoxy) is 3. The van der Waals surface area contributed by atoms with Gasteiger partial charge in [-0.05, 0) is 30.3 Å². The van der Waals surface area contributed by atoms with E-state index in [4.69, 9.17) is 14.2 Å². The largest absolute Gasteiger partial charge is 0.496 e. The lowest BCUT2D eigenvalue weighted by Crippen LogP contribution is -2.30. The summed E-state index contributed by atoms with van der Waals surface area (Å²) in [6.07, 6.45) is 0.779. The molecule has 1 amide bonds. The number of hydrogen-bond acceptors (Lipinski definition) is 6. The van der Waals surface area contributed by atoms with Gasteiger partial charge in [-0.2, -0.15) is 4.31 Å². The van der Waals surface area contributed by atoms with E-state index >= 15 is 0 Å². The molecule has 9 heteroatoms. The minimum absolute atomic E-state index is 0.0378. The molecule has 0 radical (unpaired) electrons. The van der Waals surface area contributed by atoms with Gasteiger partial charge in [-0.3, -0.25) is 4.79 Å². The molecular formula is C21H26N2O6S. The third kappa shape index (κ3) is 4.52. The van der Waals surface area contributed by atoms with E-state index in [1.165, 1.54) is 29.6 Å². The molecule has 0 atom stereocenters. The average Bonchev–Trinajstić information content (AvgIpc) is 2.99. The van der Waals surface area contributed by atoms with Crippen LogP contribution in [-0.2, 0) is 10.0 Å². The lowest BCUT2D eigenvalue weighted by molar-refractivity contribution is 0.102. The van der Waals surface area contributed by atoms with E-state index in [0.29, 0.717) is 43.5 Å². The second kappa shape index (κ2) is 9.36. The van der Waals surface area contributed by atoms with E-state index in [0.717, 1.165) is 6.42 Å². The Morgan fingerprint density at radius 1 is 1.07 bits per heavy atom. The molecule has 0 spiro atoms. The van der Waals surface area contributed by atoms with Crippen LogP contribution in [0.2, 0.25) is 0 Å². The van der Waals surface area contributed by atoms with Gasteiger partial charge in [0.05, 0.1) is 30.8 Å². The number of nitrogens with zero attached hydrogens (tertiary/aromatic N) is 1. The van der Waals surface area contributed by atoms with Crippen molar-refractivity contribution in [3.63, 3.8) is 0 Å². The molecule has 0 aromatic heterocycles. The summed E-state index contributed by atoms with van der Waals surface area (Å²) < 4.78 is 43.5. The summed E-state index contributed by atoms with van der Waals surface area (Å²) in [5, 5.41) is 2.78. The normalized spacial score (nSPS) is 13.6. The number of benzene rings is 2. The van der Waals surface area contributed by atoms with Crippen LogP contribution in [0.1, 0.15) is 30.6 Å². The highest BCUT2D eigenvalue weighted by molar-refractivity contribution is 7.89. The lowest BCUT2D eigenvalue weighted by atomic mass is 10.1. The molecule has 8 nitrogen and oxygen atoms in total. The third-order valence-electron chi connectivity index (χ3n) is 4.76. The smallest absolute Gasteiger partial charge is 0.259 e. The Hall–Kier alpha value is -2.78. The van der Waals surface area contributed by atoms with Crippen molar-refractivity contribution < 1.29 is 27.4 Å². The number of anilines is 1. The number of carbonyl (C=O) groups excluding carboxylic acids is 1. The molecule has 0 bridgehead atoms. The average molecular weight is 435 g/mol. The van der Waals surface area contributed by atoms with Crippen LogP contribution in [0.15, 0.2) is 41.3 Å². The molecule has 0 saturated heterocycles. The third-order valence-corrected chi connectivity index (χ3v) is 6.81. The Balaban J connectivity index is 1.91. The summed E-state index contributed by atoms with van der Waals surface area (Å²) in [5.41, 5.74) is 0.626. The fourth-order valence-electron chi connectivity index (χ4n) is 3.18. The molecule has 1 aliphatic rings. The maximum atomic E-state index is 12.9. The fourth-order valence-corrected chi connectivity index (χ4v) is 4.66. The van der Waals surface area contributed by atoms with Crippen LogP contribution in [0.3, 0.4) is 0 Å². The van der Waals surface area contributed by atoms with Crippen LogP contribution in [0, 0.1) is 0 Å². The highest BCUT2D eigenvalue weighted by Crippen LogP contribution is 2.33. The predicted octanol–water partition coefficient (Wildman–Crippen LogP) is 3.14. The van der Waals surface area contributed by atoms with Crippen LogP contribution in [0.4, 0.5) is 5.69 Å². The summed E-state index contributed by atoms with van der Waals surface area (Å²) in [7, 11) is -2.28. The second-order valence-corrected chi connectivity index (χ2v) is 8.56. The van der Waals surface area contributed by atoms with Crippen LogP contribution in [-0.4, -0.2) is 52.0 Å². The van der Waals surface area contributed by atoms with Gasteiger partial charge in [0.15, 0.2) is 11.5 Å². The van der Waals surface area contributed by atoms with Gasteiger partial charge in [-0.25, -0.2) is 8.42 Å². The van der Waals surface area contributed by atoms with E-state index in [1.807, 2.05) is 0 Å². The molecule has 1 aliphatic heterocycles. The molecule has 2 aromatic carbocycles. The summed E-state index contributed by atoms with van der Waals surface area (Å²) in [6.45, 7) is 5.31. The molecule has 0 saturated carbocycles. The zero-order valence-electron chi connectivity index (χ0n) is 17.3. The number of hydrogen-bond donors (Lipinski definition) is 1. The molecule has 1 heterocycles. The Labute approximate surface area is 176 Å². The van der Waals surface area contributed by atoms with Gasteiger partial charge in [0, 0.05) is 31.3 Å². The van der Waals surface area contributed by atoms with Gasteiger partial charge in [-0.1, -0.05) is 13.8 Å².